The zero-order valence-electron chi connectivity index (χ0n) is 15.4. The van der Waals surface area contributed by atoms with Gasteiger partial charge in [0.15, 0.2) is 0 Å². The van der Waals surface area contributed by atoms with Crippen molar-refractivity contribution < 1.29 is 4.79 Å². The molecule has 3 aromatic rings. The highest BCUT2D eigenvalue weighted by molar-refractivity contribution is 7.19. The second kappa shape index (κ2) is 8.61. The van der Waals surface area contributed by atoms with E-state index >= 15 is 0 Å². The lowest BCUT2D eigenvalue weighted by atomic mass is 10.0. The lowest BCUT2D eigenvalue weighted by Crippen LogP contribution is -2.32. The molecule has 5 heteroatoms. The number of benzene rings is 2. The van der Waals surface area contributed by atoms with Gasteiger partial charge in [0.25, 0.3) is 5.91 Å². The van der Waals surface area contributed by atoms with Gasteiger partial charge >= 0.3 is 0 Å². The number of rotatable bonds is 6. The van der Waals surface area contributed by atoms with Gasteiger partial charge in [-0.25, -0.2) is 4.98 Å². The second-order valence-electron chi connectivity index (χ2n) is 6.32. The molecule has 3 rings (SSSR count). The first-order valence-electron chi connectivity index (χ1n) is 8.93. The molecule has 0 fully saturated rings. The van der Waals surface area contributed by atoms with Gasteiger partial charge in [-0.3, -0.25) is 4.79 Å². The van der Waals surface area contributed by atoms with Crippen molar-refractivity contribution in [2.24, 2.45) is 0 Å². The highest BCUT2D eigenvalue weighted by Crippen LogP contribution is 2.27. The Kier molecular flexibility index (Phi) is 6.00. The van der Waals surface area contributed by atoms with Crippen LogP contribution in [0.3, 0.4) is 0 Å². The monoisotopic (exact) mass is 375 g/mol. The molecule has 136 valence electrons. The van der Waals surface area contributed by atoms with Gasteiger partial charge in [0.1, 0.15) is 16.6 Å². The number of carbonyl (C=O) groups is 1. The Labute approximate surface area is 163 Å². The summed E-state index contributed by atoms with van der Waals surface area (Å²) in [7, 11) is 1.76. The fraction of sp³-hybridized carbons (Fsp3) is 0.227. The van der Waals surface area contributed by atoms with Gasteiger partial charge in [-0.15, -0.1) is 11.3 Å². The van der Waals surface area contributed by atoms with E-state index in [0.29, 0.717) is 5.01 Å². The predicted octanol–water partition coefficient (Wildman–Crippen LogP) is 5.20. The Balaban J connectivity index is 1.89. The highest BCUT2D eigenvalue weighted by Gasteiger charge is 2.24. The Morgan fingerprint density at radius 3 is 2.59 bits per heavy atom. The van der Waals surface area contributed by atoms with Crippen LogP contribution >= 0.6 is 11.3 Å². The first-order chi connectivity index (χ1) is 13.1. The molecule has 27 heavy (non-hydrogen) atoms. The number of likely N-dealkylation sites (N-methyl/N-ethyl adjacent to an activating group) is 1. The summed E-state index contributed by atoms with van der Waals surface area (Å²) in [5.41, 5.74) is 2.06. The number of nitriles is 1. The summed E-state index contributed by atoms with van der Waals surface area (Å²) in [4.78, 5) is 19.2. The molecule has 0 saturated carbocycles. The third kappa shape index (κ3) is 4.24. The van der Waals surface area contributed by atoms with Crippen LogP contribution in [0.4, 0.5) is 0 Å². The molecule has 0 spiro atoms. The van der Waals surface area contributed by atoms with Crippen LogP contribution < -0.4 is 0 Å². The van der Waals surface area contributed by atoms with Crippen LogP contribution in [0.5, 0.6) is 0 Å². The van der Waals surface area contributed by atoms with E-state index in [1.165, 1.54) is 11.3 Å². The van der Waals surface area contributed by atoms with E-state index in [0.717, 1.165) is 28.6 Å². The topological polar surface area (TPSA) is 57.0 Å². The number of nitrogens with zero attached hydrogens (tertiary/aromatic N) is 3. The summed E-state index contributed by atoms with van der Waals surface area (Å²) in [5.74, 6) is -0.279. The maximum atomic E-state index is 13.0. The average Bonchev–Trinajstić information content (AvgIpc) is 3.12. The molecular formula is C22H21N3OS. The number of hydrogen-bond acceptors (Lipinski definition) is 4. The van der Waals surface area contributed by atoms with Crippen LogP contribution in [-0.2, 0) is 4.79 Å². The summed E-state index contributed by atoms with van der Waals surface area (Å²) in [6.45, 7) is 2.09. The minimum atomic E-state index is -0.279. The molecule has 2 aromatic carbocycles. The van der Waals surface area contributed by atoms with Crippen molar-refractivity contribution in [1.82, 2.24) is 9.88 Å². The van der Waals surface area contributed by atoms with Gasteiger partial charge < -0.3 is 4.90 Å². The van der Waals surface area contributed by atoms with Crippen LogP contribution in [0.1, 0.15) is 36.4 Å². The fourth-order valence-electron chi connectivity index (χ4n) is 3.08. The minimum absolute atomic E-state index is 0.0594. The molecule has 0 radical (unpaired) electrons. The Morgan fingerprint density at radius 2 is 1.93 bits per heavy atom. The van der Waals surface area contributed by atoms with Gasteiger partial charge in [-0.05, 0) is 30.2 Å². The van der Waals surface area contributed by atoms with Crippen molar-refractivity contribution in [2.75, 3.05) is 7.05 Å². The Bertz CT molecular complexity index is 968. The van der Waals surface area contributed by atoms with Gasteiger partial charge in [0.05, 0.1) is 16.3 Å². The molecule has 1 unspecified atom stereocenters. The lowest BCUT2D eigenvalue weighted by molar-refractivity contribution is -0.127. The van der Waals surface area contributed by atoms with Crippen LogP contribution in [-0.4, -0.2) is 22.8 Å². The Morgan fingerprint density at radius 1 is 1.22 bits per heavy atom. The lowest BCUT2D eigenvalue weighted by Gasteiger charge is -2.28. The normalized spacial score (nSPS) is 12.6. The first kappa shape index (κ1) is 18.8. The molecule has 0 aliphatic rings. The standard InChI is InChI=1S/C22H21N3OS/c1-3-9-19(16-10-5-4-6-11-16)25(2)22(26)17(15-23)14-21-24-18-12-7-8-13-20(18)27-21/h4-8,10-14,19H,3,9H2,1-2H3/b17-14+. The maximum absolute atomic E-state index is 13.0. The van der Waals surface area contributed by atoms with Crippen molar-refractivity contribution in [2.45, 2.75) is 25.8 Å². The van der Waals surface area contributed by atoms with E-state index in [1.807, 2.05) is 54.6 Å². The van der Waals surface area contributed by atoms with Crippen molar-refractivity contribution >= 4 is 33.5 Å². The van der Waals surface area contributed by atoms with Crippen molar-refractivity contribution in [3.05, 3.63) is 70.7 Å². The van der Waals surface area contributed by atoms with E-state index in [2.05, 4.69) is 18.0 Å². The SMILES string of the molecule is CCCC(c1ccccc1)N(C)C(=O)/C(C#N)=C/c1nc2ccccc2s1. The Hall–Kier alpha value is -2.97. The third-order valence-electron chi connectivity index (χ3n) is 4.46. The molecule has 0 aliphatic heterocycles. The predicted molar refractivity (Wildman–Crippen MR) is 110 cm³/mol. The molecule has 0 saturated heterocycles. The highest BCUT2D eigenvalue weighted by atomic mass is 32.1. The number of para-hydroxylation sites is 1. The summed E-state index contributed by atoms with van der Waals surface area (Å²) in [6.07, 6.45) is 3.38. The molecule has 0 bridgehead atoms. The van der Waals surface area contributed by atoms with Crippen molar-refractivity contribution in [3.8, 4) is 6.07 Å². The quantitative estimate of drug-likeness (QED) is 0.439. The smallest absolute Gasteiger partial charge is 0.264 e. The molecule has 1 atom stereocenters. The molecule has 0 aliphatic carbocycles. The van der Waals surface area contributed by atoms with Crippen LogP contribution in [0, 0.1) is 11.3 Å². The zero-order valence-corrected chi connectivity index (χ0v) is 16.2. The van der Waals surface area contributed by atoms with E-state index in [-0.39, 0.29) is 17.5 Å². The summed E-state index contributed by atoms with van der Waals surface area (Å²) in [5, 5.41) is 10.2. The number of hydrogen-bond donors (Lipinski definition) is 0. The first-order valence-corrected chi connectivity index (χ1v) is 9.75. The van der Waals surface area contributed by atoms with Crippen molar-refractivity contribution in [3.63, 3.8) is 0 Å². The van der Waals surface area contributed by atoms with E-state index in [9.17, 15) is 10.1 Å². The molecule has 1 aromatic heterocycles. The van der Waals surface area contributed by atoms with Crippen LogP contribution in [0.15, 0.2) is 60.2 Å². The van der Waals surface area contributed by atoms with E-state index in [4.69, 9.17) is 0 Å². The largest absolute Gasteiger partial charge is 0.334 e. The number of amides is 1. The van der Waals surface area contributed by atoms with Crippen LogP contribution in [0.25, 0.3) is 16.3 Å². The molecule has 1 amide bonds. The number of thiazole rings is 1. The second-order valence-corrected chi connectivity index (χ2v) is 7.38. The fourth-order valence-corrected chi connectivity index (χ4v) is 3.99. The molecule has 0 N–H and O–H groups in total. The summed E-state index contributed by atoms with van der Waals surface area (Å²) >= 11 is 1.48. The summed E-state index contributed by atoms with van der Waals surface area (Å²) in [6, 6.07) is 19.7. The minimum Gasteiger partial charge on any atom is -0.334 e. The number of carbonyl (C=O) groups excluding carboxylic acids is 1. The van der Waals surface area contributed by atoms with Crippen molar-refractivity contribution in [1.29, 1.82) is 5.26 Å². The number of aromatic nitrogens is 1. The van der Waals surface area contributed by atoms with E-state index < -0.39 is 0 Å². The van der Waals surface area contributed by atoms with Gasteiger partial charge in [0, 0.05) is 7.05 Å². The van der Waals surface area contributed by atoms with Gasteiger partial charge in [-0.2, -0.15) is 5.26 Å². The molecular weight excluding hydrogens is 354 g/mol. The van der Waals surface area contributed by atoms with E-state index in [1.54, 1.807) is 18.0 Å². The number of fused-ring (bicyclic) bond motifs is 1. The molecule has 4 nitrogen and oxygen atoms in total. The van der Waals surface area contributed by atoms with Gasteiger partial charge in [0.2, 0.25) is 0 Å². The average molecular weight is 375 g/mol. The van der Waals surface area contributed by atoms with Crippen LogP contribution in [0.2, 0.25) is 0 Å². The maximum Gasteiger partial charge on any atom is 0.264 e. The third-order valence-corrected chi connectivity index (χ3v) is 5.45. The summed E-state index contributed by atoms with van der Waals surface area (Å²) < 4.78 is 1.04. The molecule has 1 heterocycles. The zero-order chi connectivity index (χ0) is 19.2. The van der Waals surface area contributed by atoms with Gasteiger partial charge in [-0.1, -0.05) is 55.8 Å².